The Morgan fingerprint density at radius 1 is 0.863 bits per heavy atom. The SMILES string of the molecule is CC1=CCC[C@H](C)[C@H]1c1c(C)nn(-c2cc(Oc3ccc4c5ccccc5n(-c5cc(C(C)C)ccn5)c4c3)cc(C(C)(C)C)c2)c1CC(C)C. The Labute approximate surface area is 304 Å². The molecule has 3 heterocycles. The van der Waals surface area contributed by atoms with Crippen molar-refractivity contribution in [3.8, 4) is 23.0 Å². The second kappa shape index (κ2) is 13.5. The molecule has 0 N–H and O–H groups in total. The van der Waals surface area contributed by atoms with Crippen LogP contribution >= 0.6 is 0 Å². The number of nitrogens with zero attached hydrogens (tertiary/aromatic N) is 4. The van der Waals surface area contributed by atoms with Crippen molar-refractivity contribution in [2.75, 3.05) is 0 Å². The third-order valence-electron chi connectivity index (χ3n) is 10.8. The lowest BCUT2D eigenvalue weighted by atomic mass is 9.74. The predicted octanol–water partition coefficient (Wildman–Crippen LogP) is 12.5. The lowest BCUT2D eigenvalue weighted by Gasteiger charge is -2.30. The predicted molar refractivity (Wildman–Crippen MR) is 213 cm³/mol. The first-order chi connectivity index (χ1) is 24.3. The van der Waals surface area contributed by atoms with Crippen molar-refractivity contribution in [3.05, 3.63) is 119 Å². The number of rotatable bonds is 8. The number of hydrogen-bond acceptors (Lipinski definition) is 3. The van der Waals surface area contributed by atoms with Gasteiger partial charge in [-0.25, -0.2) is 9.67 Å². The van der Waals surface area contributed by atoms with Gasteiger partial charge in [-0.1, -0.05) is 85.2 Å². The van der Waals surface area contributed by atoms with Crippen LogP contribution in [0.5, 0.6) is 11.5 Å². The van der Waals surface area contributed by atoms with Crippen LogP contribution in [0.4, 0.5) is 0 Å². The van der Waals surface area contributed by atoms with E-state index < -0.39 is 0 Å². The van der Waals surface area contributed by atoms with Gasteiger partial charge < -0.3 is 4.74 Å². The summed E-state index contributed by atoms with van der Waals surface area (Å²) in [6, 6.07) is 26.1. The van der Waals surface area contributed by atoms with Crippen LogP contribution in [0.15, 0.2) is 90.6 Å². The normalized spacial score (nSPS) is 16.8. The highest BCUT2D eigenvalue weighted by Crippen LogP contribution is 2.43. The summed E-state index contributed by atoms with van der Waals surface area (Å²) in [6.07, 6.45) is 7.72. The van der Waals surface area contributed by atoms with Crippen molar-refractivity contribution >= 4 is 21.8 Å². The van der Waals surface area contributed by atoms with Gasteiger partial charge in [-0.05, 0) is 110 Å². The van der Waals surface area contributed by atoms with Crippen LogP contribution in [-0.4, -0.2) is 19.3 Å². The van der Waals surface area contributed by atoms with Crippen molar-refractivity contribution in [1.29, 1.82) is 0 Å². The molecule has 264 valence electrons. The minimum Gasteiger partial charge on any atom is -0.457 e. The maximum atomic E-state index is 6.86. The molecule has 5 heteroatoms. The quantitative estimate of drug-likeness (QED) is 0.151. The standard InChI is InChI=1S/C46H54N4O/c1-28(2)22-42-45(44-30(5)14-13-15-31(44)6)32(7)48-50(42)35-24-34(46(8,9)10)25-37(26-35)51-36-18-19-39-38-16-11-12-17-40(38)49(41(39)27-36)43-23-33(29(3)4)20-21-47-43/h11-12,14,16-21,23-29,31,44H,13,15,22H2,1-10H3/t31-,44-/m0/s1. The van der Waals surface area contributed by atoms with E-state index in [2.05, 4.69) is 157 Å². The molecule has 0 unspecified atom stereocenters. The van der Waals surface area contributed by atoms with Crippen LogP contribution in [0.3, 0.4) is 0 Å². The monoisotopic (exact) mass is 678 g/mol. The molecule has 1 aliphatic carbocycles. The Kier molecular flexibility index (Phi) is 9.20. The fourth-order valence-electron chi connectivity index (χ4n) is 8.13. The summed E-state index contributed by atoms with van der Waals surface area (Å²) in [7, 11) is 0. The van der Waals surface area contributed by atoms with Gasteiger partial charge in [0.2, 0.25) is 0 Å². The molecule has 0 radical (unpaired) electrons. The third-order valence-corrected chi connectivity index (χ3v) is 10.8. The summed E-state index contributed by atoms with van der Waals surface area (Å²) in [4.78, 5) is 4.85. The van der Waals surface area contributed by atoms with Crippen molar-refractivity contribution in [2.45, 2.75) is 106 Å². The van der Waals surface area contributed by atoms with E-state index in [4.69, 9.17) is 14.8 Å². The number of aromatic nitrogens is 4. The summed E-state index contributed by atoms with van der Waals surface area (Å²) < 4.78 is 11.4. The number of hydrogen-bond donors (Lipinski definition) is 0. The number of aryl methyl sites for hydroxylation is 1. The molecule has 0 bridgehead atoms. The molecule has 0 saturated heterocycles. The molecule has 51 heavy (non-hydrogen) atoms. The zero-order valence-corrected chi connectivity index (χ0v) is 32.2. The smallest absolute Gasteiger partial charge is 0.137 e. The second-order valence-corrected chi connectivity index (χ2v) is 16.6. The molecule has 0 aliphatic heterocycles. The highest BCUT2D eigenvalue weighted by atomic mass is 16.5. The molecule has 1 aliphatic rings. The third kappa shape index (κ3) is 6.64. The summed E-state index contributed by atoms with van der Waals surface area (Å²) in [5.41, 5.74) is 11.0. The largest absolute Gasteiger partial charge is 0.457 e. The molecular weight excluding hydrogens is 625 g/mol. The van der Waals surface area contributed by atoms with Gasteiger partial charge in [-0.2, -0.15) is 5.10 Å². The van der Waals surface area contributed by atoms with Crippen LogP contribution in [0, 0.1) is 18.8 Å². The fourth-order valence-corrected chi connectivity index (χ4v) is 8.13. The van der Waals surface area contributed by atoms with Crippen LogP contribution in [0.2, 0.25) is 0 Å². The molecule has 0 saturated carbocycles. The Morgan fingerprint density at radius 2 is 1.63 bits per heavy atom. The van der Waals surface area contributed by atoms with Crippen molar-refractivity contribution in [3.63, 3.8) is 0 Å². The molecule has 3 aromatic carbocycles. The number of ether oxygens (including phenoxy) is 1. The molecular formula is C46H54N4O. The molecule has 2 atom stereocenters. The first-order valence-electron chi connectivity index (χ1n) is 18.9. The van der Waals surface area contributed by atoms with Crippen LogP contribution < -0.4 is 4.74 Å². The molecule has 3 aromatic heterocycles. The maximum absolute atomic E-state index is 6.86. The number of fused-ring (bicyclic) bond motifs is 3. The van der Waals surface area contributed by atoms with E-state index in [0.29, 0.717) is 23.7 Å². The van der Waals surface area contributed by atoms with E-state index in [1.54, 1.807) is 0 Å². The molecule has 0 spiro atoms. The molecule has 0 fully saturated rings. The highest BCUT2D eigenvalue weighted by Gasteiger charge is 2.31. The van der Waals surface area contributed by atoms with E-state index in [1.165, 1.54) is 45.2 Å². The average molecular weight is 679 g/mol. The molecule has 0 amide bonds. The Morgan fingerprint density at radius 3 is 2.35 bits per heavy atom. The van der Waals surface area contributed by atoms with E-state index >= 15 is 0 Å². The van der Waals surface area contributed by atoms with Crippen LogP contribution in [0.1, 0.15) is 115 Å². The Bertz CT molecular complexity index is 2260. The van der Waals surface area contributed by atoms with E-state index in [0.717, 1.165) is 52.6 Å². The number of pyridine rings is 1. The first kappa shape index (κ1) is 34.8. The van der Waals surface area contributed by atoms with Crippen molar-refractivity contribution < 1.29 is 4.74 Å². The molecule has 6 aromatic rings. The van der Waals surface area contributed by atoms with Crippen molar-refractivity contribution in [1.82, 2.24) is 19.3 Å². The minimum atomic E-state index is -0.0853. The number of allylic oxidation sites excluding steroid dienone is 2. The summed E-state index contributed by atoms with van der Waals surface area (Å²) in [5, 5.41) is 7.68. The van der Waals surface area contributed by atoms with Gasteiger partial charge in [0.1, 0.15) is 17.3 Å². The van der Waals surface area contributed by atoms with Gasteiger partial charge in [0.15, 0.2) is 0 Å². The Balaban J connectivity index is 1.37. The van der Waals surface area contributed by atoms with E-state index in [9.17, 15) is 0 Å². The minimum absolute atomic E-state index is 0.0853. The Hall–Kier alpha value is -4.64. The fraction of sp³-hybridized carbons (Fsp3) is 0.391. The van der Waals surface area contributed by atoms with Gasteiger partial charge in [-0.3, -0.25) is 4.57 Å². The first-order valence-corrected chi connectivity index (χ1v) is 18.9. The lowest BCUT2D eigenvalue weighted by molar-refractivity contribution is 0.444. The van der Waals surface area contributed by atoms with Gasteiger partial charge in [-0.15, -0.1) is 0 Å². The number of para-hydroxylation sites is 1. The topological polar surface area (TPSA) is 44.9 Å². The van der Waals surface area contributed by atoms with Crippen molar-refractivity contribution in [2.24, 2.45) is 11.8 Å². The second-order valence-electron chi connectivity index (χ2n) is 16.6. The molecule has 5 nitrogen and oxygen atoms in total. The average Bonchev–Trinajstić information content (AvgIpc) is 3.57. The summed E-state index contributed by atoms with van der Waals surface area (Å²) in [5.74, 6) is 4.42. The summed E-state index contributed by atoms with van der Waals surface area (Å²) in [6.45, 7) is 22.8. The highest BCUT2D eigenvalue weighted by molar-refractivity contribution is 6.09. The van der Waals surface area contributed by atoms with Crippen LogP contribution in [-0.2, 0) is 11.8 Å². The van der Waals surface area contributed by atoms with Gasteiger partial charge in [0.05, 0.1) is 22.4 Å². The van der Waals surface area contributed by atoms with Crippen LogP contribution in [0.25, 0.3) is 33.3 Å². The van der Waals surface area contributed by atoms with Gasteiger partial charge in [0.25, 0.3) is 0 Å². The lowest BCUT2D eigenvalue weighted by Crippen LogP contribution is -2.18. The number of benzene rings is 3. The zero-order chi connectivity index (χ0) is 36.2. The molecule has 7 rings (SSSR count). The van der Waals surface area contributed by atoms with Gasteiger partial charge >= 0.3 is 0 Å². The van der Waals surface area contributed by atoms with E-state index in [1.807, 2.05) is 6.20 Å². The van der Waals surface area contributed by atoms with E-state index in [-0.39, 0.29) is 5.41 Å². The maximum Gasteiger partial charge on any atom is 0.137 e. The zero-order valence-electron chi connectivity index (χ0n) is 32.2. The van der Waals surface area contributed by atoms with Gasteiger partial charge in [0, 0.05) is 46.3 Å². The summed E-state index contributed by atoms with van der Waals surface area (Å²) >= 11 is 0.